The number of nitrogens with zero attached hydrogens (tertiary/aromatic N) is 1. The summed E-state index contributed by atoms with van der Waals surface area (Å²) in [5, 5.41) is 9.72. The quantitative estimate of drug-likeness (QED) is 0.786. The molecule has 1 aromatic carbocycles. The van der Waals surface area contributed by atoms with Crippen molar-refractivity contribution in [2.24, 2.45) is 11.8 Å². The lowest BCUT2D eigenvalue weighted by atomic mass is 10.0. The third-order valence-electron chi connectivity index (χ3n) is 5.50. The zero-order valence-corrected chi connectivity index (χ0v) is 13.7. The van der Waals surface area contributed by atoms with Gasteiger partial charge in [0.25, 0.3) is 0 Å². The van der Waals surface area contributed by atoms with Crippen LogP contribution in [-0.2, 0) is 11.3 Å². The molecule has 4 atom stereocenters. The summed E-state index contributed by atoms with van der Waals surface area (Å²) in [6.07, 6.45) is 5.71. The van der Waals surface area contributed by atoms with Crippen molar-refractivity contribution in [3.8, 4) is 0 Å². The molecule has 1 N–H and O–H groups in total. The minimum atomic E-state index is -0.0207. The Morgan fingerprint density at radius 2 is 1.77 bits per heavy atom. The van der Waals surface area contributed by atoms with Crippen molar-refractivity contribution in [2.45, 2.75) is 50.9 Å². The van der Waals surface area contributed by atoms with Crippen LogP contribution in [-0.4, -0.2) is 42.4 Å². The van der Waals surface area contributed by atoms with Crippen molar-refractivity contribution in [1.82, 2.24) is 4.90 Å². The lowest BCUT2D eigenvalue weighted by molar-refractivity contribution is 0.104. The van der Waals surface area contributed by atoms with E-state index in [1.54, 1.807) is 0 Å². The van der Waals surface area contributed by atoms with Gasteiger partial charge in [0.2, 0.25) is 0 Å². The highest BCUT2D eigenvalue weighted by Crippen LogP contribution is 2.45. The van der Waals surface area contributed by atoms with Gasteiger partial charge in [-0.2, -0.15) is 0 Å². The number of aliphatic hydroxyl groups is 1. The van der Waals surface area contributed by atoms with Gasteiger partial charge in [-0.3, -0.25) is 0 Å². The molecule has 2 aliphatic rings. The van der Waals surface area contributed by atoms with E-state index in [0.29, 0.717) is 0 Å². The van der Waals surface area contributed by atoms with Gasteiger partial charge in [-0.05, 0) is 56.6 Å². The molecule has 2 unspecified atom stereocenters. The molecule has 0 aromatic heterocycles. The number of benzene rings is 1. The molecule has 3 nitrogen and oxygen atoms in total. The Morgan fingerprint density at radius 3 is 2.45 bits per heavy atom. The van der Waals surface area contributed by atoms with Crippen LogP contribution in [0.5, 0.6) is 0 Å². The molecule has 0 heterocycles. The topological polar surface area (TPSA) is 32.7 Å². The molecule has 2 aliphatic carbocycles. The Bertz CT molecular complexity index is 436. The first-order chi connectivity index (χ1) is 10.7. The Morgan fingerprint density at radius 1 is 1.09 bits per heavy atom. The van der Waals surface area contributed by atoms with Crippen LogP contribution in [0, 0.1) is 11.8 Å². The highest BCUT2D eigenvalue weighted by molar-refractivity contribution is 5.13. The number of rotatable bonds is 7. The minimum absolute atomic E-state index is 0.0207. The lowest BCUT2D eigenvalue weighted by Gasteiger charge is -2.25. The normalized spacial score (nSPS) is 30.9. The molecular formula is C19H29NO2. The number of ether oxygens (including phenoxy) is 1. The van der Waals surface area contributed by atoms with Crippen LogP contribution in [0.25, 0.3) is 0 Å². The fraction of sp³-hybridized carbons (Fsp3) is 0.684. The van der Waals surface area contributed by atoms with Crippen LogP contribution < -0.4 is 0 Å². The van der Waals surface area contributed by atoms with Crippen molar-refractivity contribution < 1.29 is 9.84 Å². The average molecular weight is 303 g/mol. The second-order valence-electron chi connectivity index (χ2n) is 7.14. The third-order valence-corrected chi connectivity index (χ3v) is 5.50. The number of hydrogen-bond donors (Lipinski definition) is 1. The Hall–Kier alpha value is -0.900. The summed E-state index contributed by atoms with van der Waals surface area (Å²) in [5.41, 5.74) is 1.25. The molecule has 1 aromatic rings. The van der Waals surface area contributed by atoms with E-state index in [1.165, 1.54) is 18.4 Å². The van der Waals surface area contributed by atoms with E-state index < -0.39 is 0 Å². The van der Waals surface area contributed by atoms with E-state index in [2.05, 4.69) is 36.2 Å². The van der Waals surface area contributed by atoms with Crippen LogP contribution in [0.4, 0.5) is 0 Å². The summed E-state index contributed by atoms with van der Waals surface area (Å²) in [4.78, 5) is 2.51. The summed E-state index contributed by atoms with van der Waals surface area (Å²) in [7, 11) is 2.25. The lowest BCUT2D eigenvalue weighted by Crippen LogP contribution is -2.31. The molecule has 22 heavy (non-hydrogen) atoms. The third kappa shape index (κ3) is 4.09. The number of fused-ring (bicyclic) bond motifs is 1. The molecule has 0 spiro atoms. The van der Waals surface area contributed by atoms with Crippen molar-refractivity contribution in [3.05, 3.63) is 35.9 Å². The molecule has 0 saturated heterocycles. The maximum absolute atomic E-state index is 9.72. The Labute approximate surface area is 134 Å². The molecule has 122 valence electrons. The zero-order chi connectivity index (χ0) is 15.4. The standard InChI is InChI=1S/C19H29NO2/c1-20(18-10-16-12-19(21)13-17(16)11-18)8-5-9-22-14-15-6-3-2-4-7-15/h2-4,6-7,16-19,21H,5,8-14H2,1H3/t16-,17+,18?,19?. The minimum Gasteiger partial charge on any atom is -0.393 e. The summed E-state index contributed by atoms with van der Waals surface area (Å²) < 4.78 is 5.76. The van der Waals surface area contributed by atoms with Crippen molar-refractivity contribution >= 4 is 0 Å². The predicted molar refractivity (Wildman–Crippen MR) is 88.6 cm³/mol. The van der Waals surface area contributed by atoms with Crippen LogP contribution >= 0.6 is 0 Å². The van der Waals surface area contributed by atoms with E-state index in [0.717, 1.165) is 56.9 Å². The molecule has 3 heteroatoms. The summed E-state index contributed by atoms with van der Waals surface area (Å²) in [5.74, 6) is 1.55. The fourth-order valence-electron chi connectivity index (χ4n) is 4.28. The van der Waals surface area contributed by atoms with Gasteiger partial charge in [-0.1, -0.05) is 30.3 Å². The van der Waals surface area contributed by atoms with Gasteiger partial charge in [0.05, 0.1) is 12.7 Å². The van der Waals surface area contributed by atoms with Gasteiger partial charge < -0.3 is 14.7 Å². The summed E-state index contributed by atoms with van der Waals surface area (Å²) in [6, 6.07) is 11.1. The Kier molecular flexibility index (Phi) is 5.51. The van der Waals surface area contributed by atoms with Gasteiger partial charge in [-0.25, -0.2) is 0 Å². The van der Waals surface area contributed by atoms with E-state index in [4.69, 9.17) is 4.74 Å². The van der Waals surface area contributed by atoms with E-state index >= 15 is 0 Å². The monoisotopic (exact) mass is 303 g/mol. The Balaban J connectivity index is 1.29. The fourth-order valence-corrected chi connectivity index (χ4v) is 4.28. The van der Waals surface area contributed by atoms with Crippen molar-refractivity contribution in [1.29, 1.82) is 0 Å². The molecule has 3 rings (SSSR count). The van der Waals surface area contributed by atoms with E-state index in [1.807, 2.05) is 6.07 Å². The molecule has 0 radical (unpaired) electrons. The molecule has 0 aliphatic heterocycles. The molecule has 2 saturated carbocycles. The first-order valence-electron chi connectivity index (χ1n) is 8.72. The van der Waals surface area contributed by atoms with Gasteiger partial charge in [0.1, 0.15) is 0 Å². The smallest absolute Gasteiger partial charge is 0.0716 e. The van der Waals surface area contributed by atoms with Crippen molar-refractivity contribution in [2.75, 3.05) is 20.2 Å². The largest absolute Gasteiger partial charge is 0.393 e. The first kappa shape index (κ1) is 16.0. The molecule has 2 fully saturated rings. The highest BCUT2D eigenvalue weighted by Gasteiger charge is 2.41. The van der Waals surface area contributed by atoms with Crippen LogP contribution in [0.3, 0.4) is 0 Å². The van der Waals surface area contributed by atoms with E-state index in [9.17, 15) is 5.11 Å². The predicted octanol–water partition coefficient (Wildman–Crippen LogP) is 3.07. The number of hydrogen-bond acceptors (Lipinski definition) is 3. The molecule has 0 bridgehead atoms. The highest BCUT2D eigenvalue weighted by atomic mass is 16.5. The van der Waals surface area contributed by atoms with Gasteiger partial charge >= 0.3 is 0 Å². The second kappa shape index (κ2) is 7.58. The van der Waals surface area contributed by atoms with Gasteiger partial charge in [0, 0.05) is 19.2 Å². The van der Waals surface area contributed by atoms with Gasteiger partial charge in [-0.15, -0.1) is 0 Å². The summed E-state index contributed by atoms with van der Waals surface area (Å²) in [6.45, 7) is 2.66. The van der Waals surface area contributed by atoms with Crippen LogP contribution in [0.2, 0.25) is 0 Å². The molecule has 0 amide bonds. The van der Waals surface area contributed by atoms with E-state index in [-0.39, 0.29) is 6.10 Å². The summed E-state index contributed by atoms with van der Waals surface area (Å²) >= 11 is 0. The SMILES string of the molecule is CN(CCCOCc1ccccc1)C1C[C@H]2CC(O)C[C@H]2C1. The van der Waals surface area contributed by atoms with Gasteiger partial charge in [0.15, 0.2) is 0 Å². The second-order valence-corrected chi connectivity index (χ2v) is 7.14. The number of aliphatic hydroxyl groups excluding tert-OH is 1. The first-order valence-corrected chi connectivity index (χ1v) is 8.72. The maximum atomic E-state index is 9.72. The maximum Gasteiger partial charge on any atom is 0.0716 e. The molecular weight excluding hydrogens is 274 g/mol. The van der Waals surface area contributed by atoms with Crippen LogP contribution in [0.1, 0.15) is 37.7 Å². The van der Waals surface area contributed by atoms with Crippen LogP contribution in [0.15, 0.2) is 30.3 Å². The average Bonchev–Trinajstić information content (AvgIpc) is 3.05. The zero-order valence-electron chi connectivity index (χ0n) is 13.7. The van der Waals surface area contributed by atoms with Crippen molar-refractivity contribution in [3.63, 3.8) is 0 Å².